The van der Waals surface area contributed by atoms with Gasteiger partial charge in [-0.15, -0.1) is 11.6 Å². The highest BCUT2D eigenvalue weighted by molar-refractivity contribution is 6.21. The van der Waals surface area contributed by atoms with Gasteiger partial charge in [0, 0.05) is 19.5 Å². The van der Waals surface area contributed by atoms with E-state index in [0.29, 0.717) is 13.0 Å². The first-order valence-corrected chi connectivity index (χ1v) is 4.83. The van der Waals surface area contributed by atoms with Crippen molar-refractivity contribution in [1.82, 2.24) is 4.90 Å². The Labute approximate surface area is 85.0 Å². The Morgan fingerprint density at radius 3 is 2.57 bits per heavy atom. The lowest BCUT2D eigenvalue weighted by molar-refractivity contribution is -0.136. The van der Waals surface area contributed by atoms with Gasteiger partial charge in [-0.25, -0.2) is 0 Å². The van der Waals surface area contributed by atoms with Crippen LogP contribution in [0.2, 0.25) is 0 Å². The molecule has 1 heterocycles. The summed E-state index contributed by atoms with van der Waals surface area (Å²) in [5.41, 5.74) is 0. The summed E-state index contributed by atoms with van der Waals surface area (Å²) in [5.74, 6) is -0.0731. The molecule has 0 N–H and O–H groups in total. The third-order valence-electron chi connectivity index (χ3n) is 2.18. The fraction of sp³-hybridized carbons (Fsp3) is 0.875. The average molecular weight is 230 g/mol. The molecule has 1 rings (SSSR count). The molecule has 0 saturated carbocycles. The number of alkyl halides is 4. The number of amides is 1. The summed E-state index contributed by atoms with van der Waals surface area (Å²) in [6, 6.07) is 0. The quantitative estimate of drug-likeness (QED) is 0.680. The highest BCUT2D eigenvalue weighted by atomic mass is 35.5. The van der Waals surface area contributed by atoms with Crippen LogP contribution in [0.15, 0.2) is 0 Å². The van der Waals surface area contributed by atoms with Crippen molar-refractivity contribution in [3.63, 3.8) is 0 Å². The molecule has 0 aliphatic carbocycles. The van der Waals surface area contributed by atoms with Gasteiger partial charge in [-0.3, -0.25) is 4.79 Å². The van der Waals surface area contributed by atoms with Crippen molar-refractivity contribution in [3.8, 4) is 0 Å². The van der Waals surface area contributed by atoms with E-state index in [1.165, 1.54) is 4.90 Å². The van der Waals surface area contributed by atoms with Crippen LogP contribution >= 0.6 is 11.6 Å². The number of nitrogens with zero attached hydrogens (tertiary/aromatic N) is 1. The van der Waals surface area contributed by atoms with Crippen LogP contribution in [0.4, 0.5) is 13.2 Å². The average Bonchev–Trinajstić information content (AvgIpc) is 2.45. The maximum absolute atomic E-state index is 12.0. The Morgan fingerprint density at radius 2 is 2.14 bits per heavy atom. The van der Waals surface area contributed by atoms with Crippen molar-refractivity contribution < 1.29 is 18.0 Å². The zero-order chi connectivity index (χ0) is 10.8. The van der Waals surface area contributed by atoms with Crippen LogP contribution in [0.25, 0.3) is 0 Å². The van der Waals surface area contributed by atoms with Crippen molar-refractivity contribution >= 4 is 17.5 Å². The molecule has 0 spiro atoms. The highest BCUT2D eigenvalue weighted by Crippen LogP contribution is 2.27. The topological polar surface area (TPSA) is 20.3 Å². The van der Waals surface area contributed by atoms with Crippen LogP contribution in [-0.4, -0.2) is 35.4 Å². The number of carbonyl (C=O) groups is 1. The molecule has 0 aromatic rings. The summed E-state index contributed by atoms with van der Waals surface area (Å²) >= 11 is 5.12. The third kappa shape index (κ3) is 3.04. The minimum Gasteiger partial charge on any atom is -0.343 e. The van der Waals surface area contributed by atoms with E-state index in [0.717, 1.165) is 6.42 Å². The Kier molecular flexibility index (Phi) is 3.64. The van der Waals surface area contributed by atoms with E-state index in [1.807, 2.05) is 0 Å². The van der Waals surface area contributed by atoms with Gasteiger partial charge in [0.1, 0.15) is 5.38 Å². The second-order valence-electron chi connectivity index (χ2n) is 3.28. The number of likely N-dealkylation sites (tertiary alicyclic amines) is 1. The van der Waals surface area contributed by atoms with E-state index in [4.69, 9.17) is 11.6 Å². The summed E-state index contributed by atoms with van der Waals surface area (Å²) in [7, 11) is 0. The summed E-state index contributed by atoms with van der Waals surface area (Å²) in [4.78, 5) is 12.5. The van der Waals surface area contributed by atoms with Gasteiger partial charge >= 0.3 is 6.18 Å². The number of rotatable bonds is 3. The van der Waals surface area contributed by atoms with Gasteiger partial charge < -0.3 is 4.90 Å². The SMILES string of the molecule is O=C1CCCN1CC[C@H](Cl)C(F)(F)F. The molecule has 1 aliphatic rings. The van der Waals surface area contributed by atoms with Gasteiger partial charge in [-0.1, -0.05) is 0 Å². The molecule has 0 bridgehead atoms. The fourth-order valence-electron chi connectivity index (χ4n) is 1.37. The predicted molar refractivity (Wildman–Crippen MR) is 46.1 cm³/mol. The van der Waals surface area contributed by atoms with E-state index in [-0.39, 0.29) is 18.9 Å². The molecule has 82 valence electrons. The van der Waals surface area contributed by atoms with Gasteiger partial charge in [0.2, 0.25) is 5.91 Å². The van der Waals surface area contributed by atoms with E-state index in [1.54, 1.807) is 0 Å². The standard InChI is InChI=1S/C8H11ClF3NO/c9-6(8(10,11)12)3-5-13-4-1-2-7(13)14/h6H,1-5H2/t6-/m0/s1. The molecular weight excluding hydrogens is 219 g/mol. The maximum Gasteiger partial charge on any atom is 0.404 e. The molecule has 0 unspecified atom stereocenters. The molecule has 1 fully saturated rings. The molecule has 0 aromatic heterocycles. The van der Waals surface area contributed by atoms with Crippen LogP contribution in [0.3, 0.4) is 0 Å². The van der Waals surface area contributed by atoms with Crippen LogP contribution < -0.4 is 0 Å². The zero-order valence-corrected chi connectivity index (χ0v) is 8.24. The maximum atomic E-state index is 12.0. The van der Waals surface area contributed by atoms with Crippen LogP contribution in [0, 0.1) is 0 Å². The lowest BCUT2D eigenvalue weighted by Crippen LogP contribution is -2.31. The largest absolute Gasteiger partial charge is 0.404 e. The van der Waals surface area contributed by atoms with E-state index in [9.17, 15) is 18.0 Å². The monoisotopic (exact) mass is 229 g/mol. The Hall–Kier alpha value is -0.450. The molecule has 1 amide bonds. The van der Waals surface area contributed by atoms with Crippen molar-refractivity contribution in [1.29, 1.82) is 0 Å². The minimum atomic E-state index is -4.37. The van der Waals surface area contributed by atoms with Crippen molar-refractivity contribution in [2.24, 2.45) is 0 Å². The van der Waals surface area contributed by atoms with Crippen LogP contribution in [-0.2, 0) is 4.79 Å². The number of carbonyl (C=O) groups excluding carboxylic acids is 1. The van der Waals surface area contributed by atoms with Crippen molar-refractivity contribution in [3.05, 3.63) is 0 Å². The molecule has 1 saturated heterocycles. The summed E-state index contributed by atoms with van der Waals surface area (Å²) in [6.07, 6.45) is -3.42. The van der Waals surface area contributed by atoms with Gasteiger partial charge in [0.15, 0.2) is 0 Å². The van der Waals surface area contributed by atoms with Crippen LogP contribution in [0.5, 0.6) is 0 Å². The lowest BCUT2D eigenvalue weighted by atomic mass is 10.3. The van der Waals surface area contributed by atoms with Gasteiger partial charge in [-0.2, -0.15) is 13.2 Å². The Bertz CT molecular complexity index is 219. The van der Waals surface area contributed by atoms with Gasteiger partial charge in [-0.05, 0) is 12.8 Å². The molecule has 0 aromatic carbocycles. The second-order valence-corrected chi connectivity index (χ2v) is 3.81. The third-order valence-corrected chi connectivity index (χ3v) is 2.64. The summed E-state index contributed by atoms with van der Waals surface area (Å²) < 4.78 is 36.0. The van der Waals surface area contributed by atoms with Gasteiger partial charge in [0.05, 0.1) is 0 Å². The molecule has 2 nitrogen and oxygen atoms in total. The summed E-state index contributed by atoms with van der Waals surface area (Å²) in [5, 5.41) is -1.85. The van der Waals surface area contributed by atoms with E-state index < -0.39 is 11.6 Å². The van der Waals surface area contributed by atoms with E-state index >= 15 is 0 Å². The highest BCUT2D eigenvalue weighted by Gasteiger charge is 2.38. The van der Waals surface area contributed by atoms with Crippen molar-refractivity contribution in [2.75, 3.05) is 13.1 Å². The summed E-state index contributed by atoms with van der Waals surface area (Å²) in [6.45, 7) is 0.660. The smallest absolute Gasteiger partial charge is 0.343 e. The number of hydrogen-bond acceptors (Lipinski definition) is 1. The number of halogens is 4. The van der Waals surface area contributed by atoms with E-state index in [2.05, 4.69) is 0 Å². The number of hydrogen-bond donors (Lipinski definition) is 0. The normalized spacial score (nSPS) is 20.3. The molecule has 14 heavy (non-hydrogen) atoms. The Balaban J connectivity index is 2.30. The zero-order valence-electron chi connectivity index (χ0n) is 7.48. The van der Waals surface area contributed by atoms with Gasteiger partial charge in [0.25, 0.3) is 0 Å². The predicted octanol–water partition coefficient (Wildman–Crippen LogP) is 2.17. The minimum absolute atomic E-state index is 0.0731. The molecule has 6 heteroatoms. The molecule has 1 atom stereocenters. The fourth-order valence-corrected chi connectivity index (χ4v) is 1.47. The molecular formula is C8H11ClF3NO. The molecule has 0 radical (unpaired) electrons. The van der Waals surface area contributed by atoms with Crippen LogP contribution in [0.1, 0.15) is 19.3 Å². The first-order chi connectivity index (χ1) is 6.41. The Morgan fingerprint density at radius 1 is 1.50 bits per heavy atom. The van der Waals surface area contributed by atoms with Crippen molar-refractivity contribution in [2.45, 2.75) is 30.8 Å². The first-order valence-electron chi connectivity index (χ1n) is 4.40. The first kappa shape index (κ1) is 11.6. The second kappa shape index (κ2) is 4.38. The lowest BCUT2D eigenvalue weighted by Gasteiger charge is -2.19. The molecule has 1 aliphatic heterocycles.